The fraction of sp³-hybridized carbons (Fsp3) is 0.238. The largest absolute Gasteiger partial charge is 0.477 e. The number of nitrogens with zero attached hydrogens (tertiary/aromatic N) is 8. The second-order valence-corrected chi connectivity index (χ2v) is 6.84. The molecule has 0 aliphatic rings. The summed E-state index contributed by atoms with van der Waals surface area (Å²) in [6, 6.07) is 3.40. The van der Waals surface area contributed by atoms with Crippen LogP contribution < -0.4 is 0 Å². The molecule has 0 aromatic carbocycles. The topological polar surface area (TPSA) is 151 Å². The molecule has 0 bridgehead atoms. The van der Waals surface area contributed by atoms with Crippen LogP contribution >= 0.6 is 0 Å². The van der Waals surface area contributed by atoms with E-state index in [1.54, 1.807) is 58.7 Å². The number of carbonyl (C=O) groups is 2. The van der Waals surface area contributed by atoms with E-state index in [4.69, 9.17) is 9.84 Å². The summed E-state index contributed by atoms with van der Waals surface area (Å²) in [4.78, 5) is 39.1. The molecule has 0 unspecified atom stereocenters. The lowest BCUT2D eigenvalue weighted by Gasteiger charge is -2.03. The van der Waals surface area contributed by atoms with E-state index in [1.165, 1.54) is 22.7 Å². The standard InChI is InChI=1S/C11H12N4O2.C10H10N4O2/c1-7-12-5-4-9(14-7)8-6-13-15(2)10(8)11(16)17-3;1-6-11-4-3-8(13-6)7-5-12-14(2)9(7)10(15)16/h4-6H,1-3H3;3-5H,1-2H3,(H,15,16). The van der Waals surface area contributed by atoms with Crippen LogP contribution in [0, 0.1) is 13.8 Å². The lowest BCUT2D eigenvalue weighted by atomic mass is 10.2. The molecule has 0 saturated carbocycles. The van der Waals surface area contributed by atoms with Crippen molar-refractivity contribution in [2.24, 2.45) is 14.1 Å². The van der Waals surface area contributed by atoms with E-state index in [9.17, 15) is 9.59 Å². The fourth-order valence-electron chi connectivity index (χ4n) is 3.05. The van der Waals surface area contributed by atoms with Crippen molar-refractivity contribution in [3.05, 3.63) is 60.0 Å². The number of esters is 1. The van der Waals surface area contributed by atoms with Gasteiger partial charge in [0.15, 0.2) is 11.4 Å². The van der Waals surface area contributed by atoms with Crippen molar-refractivity contribution >= 4 is 11.9 Å². The van der Waals surface area contributed by atoms with Gasteiger partial charge in [-0.3, -0.25) is 9.36 Å². The van der Waals surface area contributed by atoms with Crippen LogP contribution in [0.15, 0.2) is 36.9 Å². The predicted molar refractivity (Wildman–Crippen MR) is 116 cm³/mol. The second kappa shape index (κ2) is 9.77. The number of carbonyl (C=O) groups excluding carboxylic acids is 1. The van der Waals surface area contributed by atoms with Gasteiger partial charge >= 0.3 is 11.9 Å². The number of carboxylic acid groups (broad SMARTS) is 1. The van der Waals surface area contributed by atoms with Gasteiger partial charge in [-0.1, -0.05) is 0 Å². The van der Waals surface area contributed by atoms with Crippen molar-refractivity contribution < 1.29 is 19.4 Å². The molecule has 0 atom stereocenters. The first-order valence-corrected chi connectivity index (χ1v) is 9.68. The van der Waals surface area contributed by atoms with E-state index in [1.807, 2.05) is 0 Å². The molecule has 4 aromatic heterocycles. The number of hydrogen-bond acceptors (Lipinski definition) is 9. The van der Waals surface area contributed by atoms with E-state index in [2.05, 4.69) is 30.1 Å². The molecular weight excluding hydrogens is 428 g/mol. The number of methoxy groups -OCH3 is 1. The SMILES string of the molecule is COC(=O)c1c(-c2ccnc(C)n2)cnn1C.Cc1nccc(-c2cnn(C)c2C(=O)O)n1. The fourth-order valence-corrected chi connectivity index (χ4v) is 3.05. The normalized spacial score (nSPS) is 10.3. The van der Waals surface area contributed by atoms with Gasteiger partial charge in [0.25, 0.3) is 0 Å². The predicted octanol–water partition coefficient (Wildman–Crippen LogP) is 1.86. The van der Waals surface area contributed by atoms with Crippen LogP contribution in [0.5, 0.6) is 0 Å². The van der Waals surface area contributed by atoms with Gasteiger partial charge in [-0.25, -0.2) is 29.5 Å². The van der Waals surface area contributed by atoms with E-state index < -0.39 is 11.9 Å². The van der Waals surface area contributed by atoms with Crippen LogP contribution in [0.2, 0.25) is 0 Å². The highest BCUT2D eigenvalue weighted by atomic mass is 16.5. The minimum Gasteiger partial charge on any atom is -0.477 e. The van der Waals surface area contributed by atoms with Crippen LogP contribution in [-0.4, -0.2) is 63.7 Å². The van der Waals surface area contributed by atoms with Crippen LogP contribution in [-0.2, 0) is 18.8 Å². The summed E-state index contributed by atoms with van der Waals surface area (Å²) in [6.45, 7) is 3.54. The zero-order valence-electron chi connectivity index (χ0n) is 18.7. The summed E-state index contributed by atoms with van der Waals surface area (Å²) in [5.41, 5.74) is 2.87. The summed E-state index contributed by atoms with van der Waals surface area (Å²) >= 11 is 0. The van der Waals surface area contributed by atoms with E-state index in [-0.39, 0.29) is 5.69 Å². The molecule has 4 heterocycles. The molecule has 0 spiro atoms. The van der Waals surface area contributed by atoms with Gasteiger partial charge < -0.3 is 9.84 Å². The van der Waals surface area contributed by atoms with Crippen LogP contribution in [0.25, 0.3) is 22.5 Å². The lowest BCUT2D eigenvalue weighted by Crippen LogP contribution is -2.10. The van der Waals surface area contributed by atoms with Crippen molar-refractivity contribution in [1.29, 1.82) is 0 Å². The highest BCUT2D eigenvalue weighted by molar-refractivity contribution is 5.95. The van der Waals surface area contributed by atoms with Gasteiger partial charge in [-0.05, 0) is 26.0 Å². The van der Waals surface area contributed by atoms with Gasteiger partial charge in [0, 0.05) is 26.5 Å². The van der Waals surface area contributed by atoms with Crippen molar-refractivity contribution in [2.75, 3.05) is 7.11 Å². The molecule has 4 aromatic rings. The Bertz CT molecular complexity index is 1310. The number of aryl methyl sites for hydroxylation is 4. The Hall–Kier alpha value is -4.48. The van der Waals surface area contributed by atoms with Gasteiger partial charge in [0.2, 0.25) is 0 Å². The number of ether oxygens (including phenoxy) is 1. The molecule has 1 N–H and O–H groups in total. The van der Waals surface area contributed by atoms with Crippen molar-refractivity contribution in [3.8, 4) is 22.5 Å². The maximum absolute atomic E-state index is 11.6. The number of carboxylic acids is 1. The second-order valence-electron chi connectivity index (χ2n) is 6.84. The zero-order valence-corrected chi connectivity index (χ0v) is 18.7. The average Bonchev–Trinajstić information content (AvgIpc) is 3.36. The molecule has 12 nitrogen and oxygen atoms in total. The van der Waals surface area contributed by atoms with Gasteiger partial charge in [-0.15, -0.1) is 0 Å². The molecule has 0 radical (unpaired) electrons. The molecular formula is C21H22N8O4. The number of rotatable bonds is 4. The molecule has 0 aliphatic carbocycles. The van der Waals surface area contributed by atoms with Gasteiger partial charge in [0.05, 0.1) is 42.0 Å². The first-order valence-electron chi connectivity index (χ1n) is 9.68. The monoisotopic (exact) mass is 450 g/mol. The third kappa shape index (κ3) is 5.06. The maximum Gasteiger partial charge on any atom is 0.357 e. The summed E-state index contributed by atoms with van der Waals surface area (Å²) < 4.78 is 7.51. The molecule has 33 heavy (non-hydrogen) atoms. The molecule has 0 fully saturated rings. The van der Waals surface area contributed by atoms with Crippen LogP contribution in [0.1, 0.15) is 32.6 Å². The molecule has 12 heteroatoms. The number of hydrogen-bond donors (Lipinski definition) is 1. The molecule has 0 aliphatic heterocycles. The first kappa shape index (κ1) is 23.2. The Morgan fingerprint density at radius 3 is 1.73 bits per heavy atom. The van der Waals surface area contributed by atoms with Crippen molar-refractivity contribution in [1.82, 2.24) is 39.5 Å². The Kier molecular flexibility index (Phi) is 6.86. The van der Waals surface area contributed by atoms with Crippen molar-refractivity contribution in [2.45, 2.75) is 13.8 Å². The summed E-state index contributed by atoms with van der Waals surface area (Å²) in [6.07, 6.45) is 6.32. The van der Waals surface area contributed by atoms with Gasteiger partial charge in [-0.2, -0.15) is 10.2 Å². The Balaban J connectivity index is 0.000000186. The smallest absolute Gasteiger partial charge is 0.357 e. The Morgan fingerprint density at radius 1 is 0.848 bits per heavy atom. The summed E-state index contributed by atoms with van der Waals surface area (Å²) in [7, 11) is 4.61. The van der Waals surface area contributed by atoms with E-state index in [0.717, 1.165) is 0 Å². The van der Waals surface area contributed by atoms with Crippen molar-refractivity contribution in [3.63, 3.8) is 0 Å². The average molecular weight is 450 g/mol. The molecule has 0 amide bonds. The Labute approximate surface area is 188 Å². The molecule has 170 valence electrons. The summed E-state index contributed by atoms with van der Waals surface area (Å²) in [5, 5.41) is 17.0. The lowest BCUT2D eigenvalue weighted by molar-refractivity contribution is 0.0588. The zero-order chi connectivity index (χ0) is 24.1. The first-order chi connectivity index (χ1) is 15.7. The highest BCUT2D eigenvalue weighted by Gasteiger charge is 2.20. The van der Waals surface area contributed by atoms with Gasteiger partial charge in [0.1, 0.15) is 11.6 Å². The molecule has 4 rings (SSSR count). The quantitative estimate of drug-likeness (QED) is 0.456. The minimum atomic E-state index is -1.02. The highest BCUT2D eigenvalue weighted by Crippen LogP contribution is 2.22. The third-order valence-electron chi connectivity index (χ3n) is 4.56. The van der Waals surface area contributed by atoms with Crippen LogP contribution in [0.4, 0.5) is 0 Å². The number of aromatic nitrogens is 8. The summed E-state index contributed by atoms with van der Waals surface area (Å²) in [5.74, 6) is -0.220. The Morgan fingerprint density at radius 2 is 1.30 bits per heavy atom. The minimum absolute atomic E-state index is 0.123. The molecule has 0 saturated heterocycles. The van der Waals surface area contributed by atoms with E-state index >= 15 is 0 Å². The third-order valence-corrected chi connectivity index (χ3v) is 4.56. The number of aromatic carboxylic acids is 1. The maximum atomic E-state index is 11.6. The van der Waals surface area contributed by atoms with E-state index in [0.29, 0.717) is 39.9 Å². The van der Waals surface area contributed by atoms with Crippen LogP contribution in [0.3, 0.4) is 0 Å².